The quantitative estimate of drug-likeness (QED) is 0.140. The predicted octanol–water partition coefficient (Wildman–Crippen LogP) is 12.3. The molecule has 10 aromatic rings. The van der Waals surface area contributed by atoms with Crippen LogP contribution in [-0.4, -0.2) is 0 Å². The van der Waals surface area contributed by atoms with Crippen molar-refractivity contribution in [3.8, 4) is 11.1 Å². The van der Waals surface area contributed by atoms with Crippen LogP contribution >= 0.6 is 0 Å². The van der Waals surface area contributed by atoms with Crippen LogP contribution in [0.4, 0.5) is 0 Å². The summed E-state index contributed by atoms with van der Waals surface area (Å²) in [4.78, 5) is 0. The van der Waals surface area contributed by atoms with Gasteiger partial charge in [0.05, 0.1) is 0 Å². The molecule has 54 heavy (non-hydrogen) atoms. The number of benzene rings is 8. The zero-order chi connectivity index (χ0) is 34.6. The van der Waals surface area contributed by atoms with Gasteiger partial charge in [0.1, 0.15) is 0 Å². The van der Waals surface area contributed by atoms with Crippen LogP contribution < -0.4 is 10.4 Å². The van der Waals surface area contributed by atoms with Crippen molar-refractivity contribution in [1.82, 2.24) is 0 Å². The van der Waals surface area contributed by atoms with Crippen molar-refractivity contribution in [2.45, 2.75) is 6.42 Å². The van der Waals surface area contributed by atoms with Crippen LogP contribution in [0.5, 0.6) is 0 Å². The lowest BCUT2D eigenvalue weighted by molar-refractivity contribution is 1.06. The Bertz CT molecular complexity index is 3820. The second-order valence-corrected chi connectivity index (χ2v) is 16.1. The smallest absolute Gasteiger partial charge is 0.0352 e. The van der Waals surface area contributed by atoms with Crippen molar-refractivity contribution in [1.29, 1.82) is 0 Å². The lowest BCUT2D eigenvalue weighted by Gasteiger charge is -2.23. The van der Waals surface area contributed by atoms with Crippen molar-refractivity contribution in [3.05, 3.63) is 184 Å². The molecule has 0 spiro atoms. The van der Waals surface area contributed by atoms with E-state index in [4.69, 9.17) is 0 Å². The Balaban J connectivity index is 1.29. The molecule has 5 aliphatic carbocycles. The SMILES string of the molecule is C1=CC2=CC=CC3=c4c(c5cc6c(cc5c5c4=C4C=CCc7cccc-5c74)c4c5cccc7cccc(c75)c4c4c5cccc7cccc(c75)c64)C(=C1)C23. The molecule has 10 aromatic carbocycles. The van der Waals surface area contributed by atoms with Crippen molar-refractivity contribution < 1.29 is 0 Å². The zero-order valence-electron chi connectivity index (χ0n) is 29.2. The molecule has 0 saturated heterocycles. The Morgan fingerprint density at radius 1 is 0.444 bits per heavy atom. The van der Waals surface area contributed by atoms with Crippen molar-refractivity contribution >= 4 is 103 Å². The van der Waals surface area contributed by atoms with Crippen molar-refractivity contribution in [2.75, 3.05) is 0 Å². The van der Waals surface area contributed by atoms with Crippen LogP contribution in [-0.2, 0) is 6.42 Å². The maximum atomic E-state index is 2.64. The Hall–Kier alpha value is -6.76. The molecule has 0 bridgehead atoms. The van der Waals surface area contributed by atoms with Crippen LogP contribution in [0.15, 0.2) is 157 Å². The third kappa shape index (κ3) is 2.82. The first kappa shape index (κ1) is 26.9. The van der Waals surface area contributed by atoms with Gasteiger partial charge in [-0.15, -0.1) is 0 Å². The van der Waals surface area contributed by atoms with Crippen LogP contribution in [0.3, 0.4) is 0 Å². The summed E-state index contributed by atoms with van der Waals surface area (Å²) in [6.45, 7) is 0. The van der Waals surface area contributed by atoms with Crippen LogP contribution in [0.25, 0.3) is 114 Å². The average Bonchev–Trinajstić information content (AvgIpc) is 3.95. The molecule has 0 aromatic heterocycles. The molecule has 0 radical (unpaired) electrons. The molecule has 1 atom stereocenters. The molecule has 0 N–H and O–H groups in total. The molecule has 244 valence electrons. The van der Waals surface area contributed by atoms with E-state index >= 15 is 0 Å². The fourth-order valence-corrected chi connectivity index (χ4v) is 12.1. The van der Waals surface area contributed by atoms with E-state index in [2.05, 4.69) is 152 Å². The largest absolute Gasteiger partial charge is 0.0795 e. The Kier molecular flexibility index (Phi) is 4.43. The van der Waals surface area contributed by atoms with Gasteiger partial charge in [0.2, 0.25) is 0 Å². The second-order valence-electron chi connectivity index (χ2n) is 16.1. The summed E-state index contributed by atoms with van der Waals surface area (Å²) in [7, 11) is 0. The molecule has 15 rings (SSSR count). The number of hydrogen-bond acceptors (Lipinski definition) is 0. The third-order valence-electron chi connectivity index (χ3n) is 13.9. The van der Waals surface area contributed by atoms with E-state index in [-0.39, 0.29) is 5.92 Å². The van der Waals surface area contributed by atoms with E-state index in [1.54, 1.807) is 0 Å². The highest BCUT2D eigenvalue weighted by Gasteiger charge is 2.37. The summed E-state index contributed by atoms with van der Waals surface area (Å²) in [5.41, 5.74) is 12.8. The van der Waals surface area contributed by atoms with Crippen LogP contribution in [0, 0.1) is 5.92 Å². The summed E-state index contributed by atoms with van der Waals surface area (Å²) in [6, 6.07) is 40.0. The maximum Gasteiger partial charge on any atom is 0.0352 e. The first-order chi connectivity index (χ1) is 26.8. The molecule has 0 fully saturated rings. The van der Waals surface area contributed by atoms with E-state index in [9.17, 15) is 0 Å². The lowest BCUT2D eigenvalue weighted by atomic mass is 9.80. The molecule has 1 unspecified atom stereocenters. The summed E-state index contributed by atoms with van der Waals surface area (Å²) in [5.74, 6) is 0.271. The van der Waals surface area contributed by atoms with Gasteiger partial charge in [-0.1, -0.05) is 140 Å². The maximum absolute atomic E-state index is 2.64. The van der Waals surface area contributed by atoms with E-state index in [1.807, 2.05) is 0 Å². The minimum Gasteiger partial charge on any atom is -0.0795 e. The Morgan fingerprint density at radius 3 is 1.74 bits per heavy atom. The molecule has 0 heteroatoms. The number of hydrogen-bond donors (Lipinski definition) is 0. The van der Waals surface area contributed by atoms with Gasteiger partial charge in [0.15, 0.2) is 0 Å². The monoisotopic (exact) mass is 676 g/mol. The zero-order valence-corrected chi connectivity index (χ0v) is 29.2. The molecule has 0 aliphatic heterocycles. The molecule has 5 aliphatic rings. The van der Waals surface area contributed by atoms with Crippen molar-refractivity contribution in [3.63, 3.8) is 0 Å². The first-order valence-electron chi connectivity index (χ1n) is 19.4. The normalized spacial score (nSPS) is 17.7. The minimum absolute atomic E-state index is 0.271. The van der Waals surface area contributed by atoms with Gasteiger partial charge in [-0.25, -0.2) is 0 Å². The topological polar surface area (TPSA) is 0 Å². The van der Waals surface area contributed by atoms with E-state index in [0.29, 0.717) is 0 Å². The Morgan fingerprint density at radius 2 is 1.06 bits per heavy atom. The summed E-state index contributed by atoms with van der Waals surface area (Å²) in [6.07, 6.45) is 19.8. The highest BCUT2D eigenvalue weighted by Crippen LogP contribution is 2.54. The number of fused-ring (bicyclic) bond motifs is 18. The van der Waals surface area contributed by atoms with Crippen molar-refractivity contribution in [2.24, 2.45) is 5.92 Å². The second kappa shape index (κ2) is 8.88. The van der Waals surface area contributed by atoms with Gasteiger partial charge >= 0.3 is 0 Å². The molecule has 0 amide bonds. The fraction of sp³-hybridized carbons (Fsp3) is 0.0370. The highest BCUT2D eigenvalue weighted by atomic mass is 14.4. The summed E-state index contributed by atoms with van der Waals surface area (Å²) in [5, 5.41) is 24.9. The molecule has 0 heterocycles. The van der Waals surface area contributed by atoms with Crippen LogP contribution in [0.1, 0.15) is 16.7 Å². The fourth-order valence-electron chi connectivity index (χ4n) is 12.1. The lowest BCUT2D eigenvalue weighted by Crippen LogP contribution is -2.30. The molecule has 0 saturated carbocycles. The predicted molar refractivity (Wildman–Crippen MR) is 230 cm³/mol. The standard InChI is InChI=1S/C54H28/c1-9-27-13-5-21-35-43(27)31(17-1)47-39-25-41-42(26-40(39)48-32-18-2-10-28-14-6-22-36(44(28)32)52(48)51(35)47)50-34-20-4-12-30-16-8-24-38(46(30)34)54(50)53-37-23-7-15-29-11-3-19-33(45(29)37)49(41)53/h1-15,17-26,45H,16H2. The third-order valence-corrected chi connectivity index (χ3v) is 13.9. The van der Waals surface area contributed by atoms with E-state index in [1.165, 1.54) is 147 Å². The molecular weight excluding hydrogens is 649 g/mol. The van der Waals surface area contributed by atoms with Gasteiger partial charge in [0, 0.05) is 5.92 Å². The van der Waals surface area contributed by atoms with Gasteiger partial charge in [-0.05, 0) is 165 Å². The van der Waals surface area contributed by atoms with Gasteiger partial charge in [0.25, 0.3) is 0 Å². The van der Waals surface area contributed by atoms with Gasteiger partial charge in [-0.2, -0.15) is 0 Å². The van der Waals surface area contributed by atoms with Gasteiger partial charge < -0.3 is 0 Å². The molecule has 0 nitrogen and oxygen atoms in total. The first-order valence-corrected chi connectivity index (χ1v) is 19.4. The number of allylic oxidation sites excluding steroid dienone is 10. The summed E-state index contributed by atoms with van der Waals surface area (Å²) < 4.78 is 0. The summed E-state index contributed by atoms with van der Waals surface area (Å²) >= 11 is 0. The molecular formula is C54H28. The minimum atomic E-state index is 0.271. The van der Waals surface area contributed by atoms with E-state index < -0.39 is 0 Å². The van der Waals surface area contributed by atoms with Crippen LogP contribution in [0.2, 0.25) is 0 Å². The number of rotatable bonds is 0. The highest BCUT2D eigenvalue weighted by molar-refractivity contribution is 6.50. The van der Waals surface area contributed by atoms with Gasteiger partial charge in [-0.3, -0.25) is 0 Å². The Labute approximate surface area is 309 Å². The average molecular weight is 677 g/mol. The van der Waals surface area contributed by atoms with E-state index in [0.717, 1.165) is 6.42 Å².